The highest BCUT2D eigenvalue weighted by atomic mass is 16.5. The van der Waals surface area contributed by atoms with Gasteiger partial charge >= 0.3 is 0 Å². The molecule has 0 spiro atoms. The summed E-state index contributed by atoms with van der Waals surface area (Å²) in [5.74, 6) is 0.778. The minimum absolute atomic E-state index is 0.282. The van der Waals surface area contributed by atoms with E-state index in [1.165, 1.54) is 0 Å². The van der Waals surface area contributed by atoms with Gasteiger partial charge < -0.3 is 15.4 Å². The molecule has 0 bridgehead atoms. The van der Waals surface area contributed by atoms with Crippen molar-refractivity contribution in [2.75, 3.05) is 25.6 Å². The number of nitrogens with one attached hydrogen (secondary N) is 2. The molecule has 3 rings (SSSR count). The summed E-state index contributed by atoms with van der Waals surface area (Å²) in [5, 5.41) is 6.00. The van der Waals surface area contributed by atoms with E-state index in [0.717, 1.165) is 11.3 Å². The fraction of sp³-hybridized carbons (Fsp3) is 0.200. The molecule has 2 aromatic heterocycles. The number of pyridine rings is 1. The van der Waals surface area contributed by atoms with Crippen molar-refractivity contribution in [3.8, 4) is 11.4 Å². The van der Waals surface area contributed by atoms with Crippen LogP contribution in [0, 0.1) is 0 Å². The van der Waals surface area contributed by atoms with Crippen molar-refractivity contribution in [1.82, 2.24) is 20.3 Å². The Hall–Kier alpha value is -3.32. The summed E-state index contributed by atoms with van der Waals surface area (Å²) >= 11 is 0. The van der Waals surface area contributed by atoms with Gasteiger partial charge in [0.2, 0.25) is 0 Å². The highest BCUT2D eigenvalue weighted by molar-refractivity contribution is 5.93. The number of methoxy groups -OCH3 is 1. The van der Waals surface area contributed by atoms with E-state index in [1.807, 2.05) is 48.5 Å². The van der Waals surface area contributed by atoms with Crippen LogP contribution < -0.4 is 10.6 Å². The molecule has 0 aliphatic carbocycles. The summed E-state index contributed by atoms with van der Waals surface area (Å²) in [4.78, 5) is 25.7. The third-order valence-corrected chi connectivity index (χ3v) is 3.76. The molecule has 0 fully saturated rings. The van der Waals surface area contributed by atoms with E-state index in [4.69, 9.17) is 4.74 Å². The Balaban J connectivity index is 1.81. The number of hydrogen-bond acceptors (Lipinski definition) is 6. The molecular formula is C20H21N5O2. The first kappa shape index (κ1) is 18.5. The van der Waals surface area contributed by atoms with Gasteiger partial charge in [0.15, 0.2) is 5.82 Å². The van der Waals surface area contributed by atoms with Crippen molar-refractivity contribution < 1.29 is 9.53 Å². The molecule has 0 saturated heterocycles. The molecule has 1 aromatic carbocycles. The topological polar surface area (TPSA) is 89.0 Å². The lowest BCUT2D eigenvalue weighted by Crippen LogP contribution is -2.25. The van der Waals surface area contributed by atoms with Crippen molar-refractivity contribution in [3.05, 3.63) is 72.2 Å². The van der Waals surface area contributed by atoms with Gasteiger partial charge in [-0.05, 0) is 12.1 Å². The maximum Gasteiger partial charge on any atom is 0.270 e. The second-order valence-electron chi connectivity index (χ2n) is 5.75. The van der Waals surface area contributed by atoms with Gasteiger partial charge in [-0.1, -0.05) is 36.4 Å². The summed E-state index contributed by atoms with van der Waals surface area (Å²) in [6.45, 7) is 1.44. The number of hydrogen-bond donors (Lipinski definition) is 2. The Morgan fingerprint density at radius 1 is 1.07 bits per heavy atom. The number of anilines is 1. The highest BCUT2D eigenvalue weighted by Crippen LogP contribution is 2.18. The molecule has 7 heteroatoms. The van der Waals surface area contributed by atoms with Crippen LogP contribution in [0.15, 0.2) is 60.8 Å². The minimum Gasteiger partial charge on any atom is -0.383 e. The van der Waals surface area contributed by atoms with Gasteiger partial charge in [0, 0.05) is 31.5 Å². The predicted molar refractivity (Wildman–Crippen MR) is 103 cm³/mol. The minimum atomic E-state index is -0.282. The van der Waals surface area contributed by atoms with Gasteiger partial charge in [0.1, 0.15) is 11.5 Å². The van der Waals surface area contributed by atoms with Gasteiger partial charge in [-0.25, -0.2) is 9.97 Å². The molecule has 2 heterocycles. The molecule has 7 nitrogen and oxygen atoms in total. The summed E-state index contributed by atoms with van der Waals surface area (Å²) < 4.78 is 5.05. The van der Waals surface area contributed by atoms with E-state index < -0.39 is 0 Å². The van der Waals surface area contributed by atoms with Gasteiger partial charge in [-0.2, -0.15) is 0 Å². The van der Waals surface area contributed by atoms with Crippen LogP contribution in [0.4, 0.5) is 5.82 Å². The number of aromatic nitrogens is 3. The van der Waals surface area contributed by atoms with Crippen LogP contribution >= 0.6 is 0 Å². The van der Waals surface area contributed by atoms with Crippen LogP contribution in [-0.4, -0.2) is 41.1 Å². The lowest BCUT2D eigenvalue weighted by molar-refractivity contribution is 0.0945. The Bertz CT molecular complexity index is 872. The summed E-state index contributed by atoms with van der Waals surface area (Å²) in [6, 6.07) is 16.8. The molecule has 3 aromatic rings. The van der Waals surface area contributed by atoms with Gasteiger partial charge in [-0.3, -0.25) is 9.78 Å². The second-order valence-corrected chi connectivity index (χ2v) is 5.75. The lowest BCUT2D eigenvalue weighted by atomic mass is 10.2. The number of nitrogens with zero attached hydrogens (tertiary/aromatic N) is 3. The Labute approximate surface area is 157 Å². The highest BCUT2D eigenvalue weighted by Gasteiger charge is 2.13. The smallest absolute Gasteiger partial charge is 0.270 e. The largest absolute Gasteiger partial charge is 0.383 e. The Morgan fingerprint density at radius 2 is 1.89 bits per heavy atom. The monoisotopic (exact) mass is 363 g/mol. The normalized spacial score (nSPS) is 10.4. The van der Waals surface area contributed by atoms with Crippen LogP contribution in [0.5, 0.6) is 0 Å². The fourth-order valence-electron chi connectivity index (χ4n) is 2.42. The summed E-state index contributed by atoms with van der Waals surface area (Å²) in [5.41, 5.74) is 1.91. The van der Waals surface area contributed by atoms with Gasteiger partial charge in [-0.15, -0.1) is 0 Å². The maximum atomic E-state index is 12.6. The van der Waals surface area contributed by atoms with Crippen molar-refractivity contribution >= 4 is 11.7 Å². The molecule has 27 heavy (non-hydrogen) atoms. The van der Waals surface area contributed by atoms with E-state index >= 15 is 0 Å². The zero-order valence-corrected chi connectivity index (χ0v) is 15.1. The van der Waals surface area contributed by atoms with E-state index in [0.29, 0.717) is 37.0 Å². The van der Waals surface area contributed by atoms with Crippen LogP contribution in [0.1, 0.15) is 16.2 Å². The van der Waals surface area contributed by atoms with E-state index in [1.54, 1.807) is 19.4 Å². The first-order chi connectivity index (χ1) is 13.3. The molecule has 0 unspecified atom stereocenters. The van der Waals surface area contributed by atoms with Crippen molar-refractivity contribution in [1.29, 1.82) is 0 Å². The first-order valence-corrected chi connectivity index (χ1v) is 8.61. The molecule has 138 valence electrons. The summed E-state index contributed by atoms with van der Waals surface area (Å²) in [7, 11) is 1.63. The molecule has 0 aliphatic rings. The number of carbonyl (C=O) groups excluding carboxylic acids is 1. The fourth-order valence-corrected chi connectivity index (χ4v) is 2.42. The first-order valence-electron chi connectivity index (χ1n) is 8.61. The van der Waals surface area contributed by atoms with Crippen molar-refractivity contribution in [3.63, 3.8) is 0 Å². The Kier molecular flexibility index (Phi) is 6.43. The molecule has 0 saturated carbocycles. The lowest BCUT2D eigenvalue weighted by Gasteiger charge is -2.10. The number of ether oxygens (including phenoxy) is 1. The van der Waals surface area contributed by atoms with Gasteiger partial charge in [0.25, 0.3) is 5.91 Å². The van der Waals surface area contributed by atoms with Crippen molar-refractivity contribution in [2.24, 2.45) is 0 Å². The van der Waals surface area contributed by atoms with Crippen LogP contribution in [-0.2, 0) is 11.3 Å². The molecule has 2 N–H and O–H groups in total. The molecule has 0 radical (unpaired) electrons. The van der Waals surface area contributed by atoms with Crippen LogP contribution in [0.2, 0.25) is 0 Å². The molecule has 1 amide bonds. The van der Waals surface area contributed by atoms with Crippen LogP contribution in [0.3, 0.4) is 0 Å². The average Bonchev–Trinajstić information content (AvgIpc) is 2.73. The van der Waals surface area contributed by atoms with E-state index in [9.17, 15) is 4.79 Å². The second kappa shape index (κ2) is 9.40. The predicted octanol–water partition coefficient (Wildman–Crippen LogP) is 2.53. The number of benzene rings is 1. The number of carbonyl (C=O) groups is 1. The van der Waals surface area contributed by atoms with Crippen molar-refractivity contribution in [2.45, 2.75) is 6.54 Å². The average molecular weight is 363 g/mol. The zero-order valence-electron chi connectivity index (χ0n) is 15.1. The van der Waals surface area contributed by atoms with E-state index in [-0.39, 0.29) is 5.91 Å². The third kappa shape index (κ3) is 5.32. The third-order valence-electron chi connectivity index (χ3n) is 3.76. The van der Waals surface area contributed by atoms with Gasteiger partial charge in [0.05, 0.1) is 18.8 Å². The number of rotatable bonds is 8. The molecule has 0 atom stereocenters. The Morgan fingerprint density at radius 3 is 2.63 bits per heavy atom. The molecular weight excluding hydrogens is 342 g/mol. The SMILES string of the molecule is COCCNc1cc(C(=O)NCc2ccccn2)nc(-c2ccccc2)n1. The maximum absolute atomic E-state index is 12.6. The standard InChI is InChI=1S/C20H21N5O2/c1-27-12-11-22-18-13-17(20(26)23-14-16-9-5-6-10-21-16)24-19(25-18)15-7-3-2-4-8-15/h2-10,13H,11-12,14H2,1H3,(H,23,26)(H,22,24,25). The summed E-state index contributed by atoms with van der Waals surface area (Å²) in [6.07, 6.45) is 1.69. The quantitative estimate of drug-likeness (QED) is 0.598. The number of amides is 1. The zero-order chi connectivity index (χ0) is 18.9. The molecule has 0 aliphatic heterocycles. The van der Waals surface area contributed by atoms with Crippen LogP contribution in [0.25, 0.3) is 11.4 Å². The van der Waals surface area contributed by atoms with E-state index in [2.05, 4.69) is 25.6 Å².